The van der Waals surface area contributed by atoms with E-state index in [-0.39, 0.29) is 23.2 Å². The quantitative estimate of drug-likeness (QED) is 0.437. The fourth-order valence-corrected chi connectivity index (χ4v) is 6.73. The number of carbonyl (C=O) groups excluding carboxylic acids is 3. The third kappa shape index (κ3) is 3.87. The zero-order valence-corrected chi connectivity index (χ0v) is 20.9. The molecular weight excluding hydrogens is 514 g/mol. The third-order valence-corrected chi connectivity index (χ3v) is 8.21. The first-order valence-corrected chi connectivity index (χ1v) is 12.7. The van der Waals surface area contributed by atoms with Crippen molar-refractivity contribution in [2.45, 2.75) is 61.7 Å². The number of carbonyl (C=O) groups is 3. The van der Waals surface area contributed by atoms with Crippen LogP contribution < -0.4 is 10.6 Å². The lowest BCUT2D eigenvalue weighted by Crippen LogP contribution is -2.56. The Labute approximate surface area is 206 Å². The molecule has 3 N–H and O–H groups in total. The number of benzene rings is 1. The van der Waals surface area contributed by atoms with Crippen molar-refractivity contribution in [3.8, 4) is 0 Å². The largest absolute Gasteiger partial charge is 0.394 e. The van der Waals surface area contributed by atoms with Crippen molar-refractivity contribution in [3.05, 3.63) is 29.3 Å². The van der Waals surface area contributed by atoms with Crippen molar-refractivity contribution in [2.24, 2.45) is 11.8 Å². The number of aliphatic hydroxyl groups is 1. The molecule has 1 spiro atoms. The maximum Gasteiger partial charge on any atom is 0.250 e. The topological polar surface area (TPSA) is 108 Å². The summed E-state index contributed by atoms with van der Waals surface area (Å²) in [5.41, 5.74) is -0.744. The molecule has 3 amide bonds. The summed E-state index contributed by atoms with van der Waals surface area (Å²) in [6.07, 6.45) is 1.12. The van der Waals surface area contributed by atoms with Crippen molar-refractivity contribution in [1.82, 2.24) is 10.2 Å². The van der Waals surface area contributed by atoms with Crippen LogP contribution in [0.2, 0.25) is 5.02 Å². The van der Waals surface area contributed by atoms with Crippen LogP contribution in [0.4, 0.5) is 5.69 Å². The lowest BCUT2D eigenvalue weighted by Gasteiger charge is -2.36. The van der Waals surface area contributed by atoms with Crippen molar-refractivity contribution in [3.63, 3.8) is 0 Å². The molecule has 10 heteroatoms. The smallest absolute Gasteiger partial charge is 0.250 e. The van der Waals surface area contributed by atoms with E-state index < -0.39 is 41.5 Å². The van der Waals surface area contributed by atoms with Crippen LogP contribution in [0.5, 0.6) is 0 Å². The SMILES string of the molecule is CCCNC(=O)[C@H]1[C@@H]2OC3(CC2Br)C(C(=O)Nc2ccccc2Cl)N([C@@H](CC)CO)C(=O)[C@H]13. The summed E-state index contributed by atoms with van der Waals surface area (Å²) in [6, 6.07) is 5.28. The molecule has 2 bridgehead atoms. The minimum Gasteiger partial charge on any atom is -0.394 e. The number of para-hydroxylation sites is 1. The average Bonchev–Trinajstić information content (AvgIpc) is 3.38. The Morgan fingerprint density at radius 1 is 1.33 bits per heavy atom. The van der Waals surface area contributed by atoms with Gasteiger partial charge in [0.2, 0.25) is 17.7 Å². The number of amides is 3. The first-order chi connectivity index (χ1) is 15.8. The lowest BCUT2D eigenvalue weighted by molar-refractivity contribution is -0.144. The molecule has 0 saturated carbocycles. The van der Waals surface area contributed by atoms with Crippen LogP contribution in [0.15, 0.2) is 24.3 Å². The summed E-state index contributed by atoms with van der Waals surface area (Å²) in [4.78, 5) is 41.9. The number of nitrogens with zero attached hydrogens (tertiary/aromatic N) is 1. The molecular formula is C23H29BrClN3O5. The van der Waals surface area contributed by atoms with Gasteiger partial charge in [-0.15, -0.1) is 0 Å². The normalized spacial score (nSPS) is 33.2. The van der Waals surface area contributed by atoms with Gasteiger partial charge in [-0.2, -0.15) is 0 Å². The standard InChI is InChI=1S/C23H29BrClN3O5/c1-3-9-26-20(30)16-17-22(32)28(12(4-2)11-29)19(23(17)10-13(24)18(16)33-23)21(31)27-15-8-6-5-7-14(15)25/h5-8,12-13,16-19,29H,3-4,9-11H2,1-2H3,(H,26,30)(H,27,31)/t12-,13?,16+,17-,18+,19?,23?/m0/s1. The summed E-state index contributed by atoms with van der Waals surface area (Å²) in [7, 11) is 0. The Hall–Kier alpha value is -1.68. The Kier molecular flexibility index (Phi) is 7.05. The van der Waals surface area contributed by atoms with E-state index in [4.69, 9.17) is 16.3 Å². The lowest BCUT2D eigenvalue weighted by atomic mass is 9.70. The van der Waals surface area contributed by atoms with Gasteiger partial charge >= 0.3 is 0 Å². The van der Waals surface area contributed by atoms with Crippen LogP contribution in [-0.2, 0) is 19.1 Å². The number of fused-ring (bicyclic) bond motifs is 1. The number of nitrogens with one attached hydrogen (secondary N) is 2. The maximum atomic E-state index is 13.8. The van der Waals surface area contributed by atoms with E-state index in [9.17, 15) is 19.5 Å². The highest BCUT2D eigenvalue weighted by atomic mass is 79.9. The van der Waals surface area contributed by atoms with Gasteiger partial charge in [0.15, 0.2) is 0 Å². The molecule has 3 heterocycles. The van der Waals surface area contributed by atoms with Crippen LogP contribution in [0, 0.1) is 11.8 Å². The van der Waals surface area contributed by atoms with Crippen molar-refractivity contribution >= 4 is 50.9 Å². The summed E-state index contributed by atoms with van der Waals surface area (Å²) in [5.74, 6) is -2.51. The molecule has 3 aliphatic rings. The molecule has 3 aliphatic heterocycles. The van der Waals surface area contributed by atoms with Gasteiger partial charge in [-0.1, -0.05) is 53.5 Å². The van der Waals surface area contributed by atoms with Crippen LogP contribution in [0.3, 0.4) is 0 Å². The average molecular weight is 543 g/mol. The Morgan fingerprint density at radius 3 is 2.70 bits per heavy atom. The van der Waals surface area contributed by atoms with E-state index in [1.807, 2.05) is 13.8 Å². The van der Waals surface area contributed by atoms with Crippen LogP contribution in [0.25, 0.3) is 0 Å². The van der Waals surface area contributed by atoms with Gasteiger partial charge < -0.3 is 25.4 Å². The van der Waals surface area contributed by atoms with Gasteiger partial charge in [0, 0.05) is 11.4 Å². The molecule has 0 aromatic heterocycles. The number of hydrogen-bond donors (Lipinski definition) is 3. The first-order valence-electron chi connectivity index (χ1n) is 11.4. The first kappa shape index (κ1) is 24.4. The molecule has 0 radical (unpaired) electrons. The highest BCUT2D eigenvalue weighted by Gasteiger charge is 2.76. The van der Waals surface area contributed by atoms with Gasteiger partial charge in [-0.05, 0) is 31.4 Å². The second-order valence-corrected chi connectivity index (χ2v) is 10.5. The van der Waals surface area contributed by atoms with Crippen LogP contribution in [-0.4, -0.2) is 69.5 Å². The monoisotopic (exact) mass is 541 g/mol. The Balaban J connectivity index is 1.75. The van der Waals surface area contributed by atoms with E-state index in [2.05, 4.69) is 26.6 Å². The van der Waals surface area contributed by atoms with Gasteiger partial charge in [0.05, 0.1) is 41.3 Å². The number of halogens is 2. The highest BCUT2D eigenvalue weighted by molar-refractivity contribution is 9.09. The van der Waals surface area contributed by atoms with Gasteiger partial charge in [-0.25, -0.2) is 0 Å². The summed E-state index contributed by atoms with van der Waals surface area (Å²) < 4.78 is 6.41. The Morgan fingerprint density at radius 2 is 2.06 bits per heavy atom. The molecule has 1 aromatic carbocycles. The van der Waals surface area contributed by atoms with E-state index >= 15 is 0 Å². The zero-order valence-electron chi connectivity index (χ0n) is 18.6. The van der Waals surface area contributed by atoms with E-state index in [1.54, 1.807) is 24.3 Å². The Bertz CT molecular complexity index is 944. The predicted octanol–water partition coefficient (Wildman–Crippen LogP) is 2.32. The minimum absolute atomic E-state index is 0.177. The maximum absolute atomic E-state index is 13.8. The summed E-state index contributed by atoms with van der Waals surface area (Å²) >= 11 is 9.89. The molecule has 33 heavy (non-hydrogen) atoms. The van der Waals surface area contributed by atoms with Crippen LogP contribution in [0.1, 0.15) is 33.1 Å². The summed E-state index contributed by atoms with van der Waals surface area (Å²) in [5, 5.41) is 16.1. The number of hydrogen-bond acceptors (Lipinski definition) is 5. The van der Waals surface area contributed by atoms with Gasteiger partial charge in [0.1, 0.15) is 11.6 Å². The molecule has 3 unspecified atom stereocenters. The molecule has 1 aromatic rings. The van der Waals surface area contributed by atoms with Crippen molar-refractivity contribution in [2.75, 3.05) is 18.5 Å². The fourth-order valence-electron chi connectivity index (χ4n) is 5.60. The molecule has 3 saturated heterocycles. The second-order valence-electron chi connectivity index (χ2n) is 8.91. The summed E-state index contributed by atoms with van der Waals surface area (Å²) in [6.45, 7) is 4.00. The molecule has 0 aliphatic carbocycles. The molecule has 3 fully saturated rings. The van der Waals surface area contributed by atoms with E-state index in [0.29, 0.717) is 30.1 Å². The van der Waals surface area contributed by atoms with Crippen molar-refractivity contribution in [1.29, 1.82) is 0 Å². The van der Waals surface area contributed by atoms with Gasteiger partial charge in [-0.3, -0.25) is 14.4 Å². The number of rotatable bonds is 8. The van der Waals surface area contributed by atoms with Gasteiger partial charge in [0.25, 0.3) is 0 Å². The fraction of sp³-hybridized carbons (Fsp3) is 0.609. The number of likely N-dealkylation sites (tertiary alicyclic amines) is 1. The minimum atomic E-state index is -1.17. The highest BCUT2D eigenvalue weighted by Crippen LogP contribution is 2.60. The predicted molar refractivity (Wildman–Crippen MR) is 127 cm³/mol. The molecule has 4 rings (SSSR count). The third-order valence-electron chi connectivity index (χ3n) is 7.03. The van der Waals surface area contributed by atoms with E-state index in [0.717, 1.165) is 6.42 Å². The number of alkyl halides is 1. The zero-order chi connectivity index (χ0) is 23.9. The molecule has 7 atom stereocenters. The van der Waals surface area contributed by atoms with E-state index in [1.165, 1.54) is 4.90 Å². The number of anilines is 1. The van der Waals surface area contributed by atoms with Crippen molar-refractivity contribution < 1.29 is 24.2 Å². The number of ether oxygens (including phenoxy) is 1. The van der Waals surface area contributed by atoms with Crippen LogP contribution >= 0.6 is 27.5 Å². The molecule has 8 nitrogen and oxygen atoms in total. The second kappa shape index (κ2) is 9.52. The molecule has 180 valence electrons. The number of aliphatic hydroxyl groups excluding tert-OH is 1.